The first-order chi connectivity index (χ1) is 13.0. The number of hydrazine groups is 1. The molecule has 1 aromatic carbocycles. The highest BCUT2D eigenvalue weighted by molar-refractivity contribution is 6.05. The minimum Gasteiger partial charge on any atom is -0.282 e. The van der Waals surface area contributed by atoms with Crippen LogP contribution >= 0.6 is 0 Å². The van der Waals surface area contributed by atoms with E-state index >= 15 is 0 Å². The fourth-order valence-corrected chi connectivity index (χ4v) is 3.82. The number of fused-ring (bicyclic) bond motifs is 1. The van der Waals surface area contributed by atoms with E-state index in [9.17, 15) is 19.2 Å². The molecule has 0 spiro atoms. The first-order valence-corrected chi connectivity index (χ1v) is 9.54. The Bertz CT molecular complexity index is 720. The molecule has 27 heavy (non-hydrogen) atoms. The van der Waals surface area contributed by atoms with Crippen LogP contribution in [0.3, 0.4) is 0 Å². The number of carbonyl (C=O) groups excluding carboxylic acids is 4. The third kappa shape index (κ3) is 4.18. The van der Waals surface area contributed by atoms with Gasteiger partial charge in [0.25, 0.3) is 5.91 Å². The molecule has 1 saturated heterocycles. The number of benzene rings is 1. The highest BCUT2D eigenvalue weighted by atomic mass is 16.2. The molecule has 1 heterocycles. The van der Waals surface area contributed by atoms with E-state index in [-0.39, 0.29) is 36.6 Å². The van der Waals surface area contributed by atoms with Crippen molar-refractivity contribution in [2.75, 3.05) is 6.54 Å². The second kappa shape index (κ2) is 8.33. The predicted molar refractivity (Wildman–Crippen MR) is 98.2 cm³/mol. The maximum atomic E-state index is 12.4. The zero-order chi connectivity index (χ0) is 19.4. The van der Waals surface area contributed by atoms with E-state index < -0.39 is 11.8 Å². The number of imide groups is 1. The Morgan fingerprint density at radius 1 is 1.00 bits per heavy atom. The first-order valence-electron chi connectivity index (χ1n) is 9.54. The van der Waals surface area contributed by atoms with E-state index in [1.807, 2.05) is 19.1 Å². The second-order valence-corrected chi connectivity index (χ2v) is 7.13. The van der Waals surface area contributed by atoms with E-state index in [2.05, 4.69) is 10.9 Å². The molecule has 144 valence electrons. The summed E-state index contributed by atoms with van der Waals surface area (Å²) in [6.07, 6.45) is 4.30. The third-order valence-corrected chi connectivity index (χ3v) is 5.43. The number of hydrogen-bond acceptors (Lipinski definition) is 4. The summed E-state index contributed by atoms with van der Waals surface area (Å²) in [6.45, 7) is 2.08. The second-order valence-electron chi connectivity index (χ2n) is 7.13. The zero-order valence-corrected chi connectivity index (χ0v) is 15.5. The monoisotopic (exact) mass is 371 g/mol. The number of nitrogens with zero attached hydrogens (tertiary/aromatic N) is 1. The van der Waals surface area contributed by atoms with Crippen LogP contribution in [0.25, 0.3) is 0 Å². The van der Waals surface area contributed by atoms with Crippen LogP contribution in [0.15, 0.2) is 24.3 Å². The van der Waals surface area contributed by atoms with Crippen molar-refractivity contribution < 1.29 is 19.2 Å². The van der Waals surface area contributed by atoms with Crippen molar-refractivity contribution >= 4 is 23.6 Å². The lowest BCUT2D eigenvalue weighted by molar-refractivity contribution is -0.140. The molecule has 4 amide bonds. The average Bonchev–Trinajstić information content (AvgIpc) is 2.95. The molecular formula is C20H25N3O4. The molecule has 2 aliphatic rings. The molecule has 0 radical (unpaired) electrons. The van der Waals surface area contributed by atoms with Crippen LogP contribution < -0.4 is 10.9 Å². The quantitative estimate of drug-likeness (QED) is 0.607. The zero-order valence-electron chi connectivity index (χ0n) is 15.5. The van der Waals surface area contributed by atoms with E-state index in [1.165, 1.54) is 4.90 Å². The van der Waals surface area contributed by atoms with Gasteiger partial charge in [0, 0.05) is 18.5 Å². The molecule has 1 saturated carbocycles. The van der Waals surface area contributed by atoms with Crippen LogP contribution in [-0.2, 0) is 20.8 Å². The molecule has 7 nitrogen and oxygen atoms in total. The Balaban J connectivity index is 1.46. The molecule has 0 bridgehead atoms. The van der Waals surface area contributed by atoms with E-state index in [1.54, 1.807) is 12.1 Å². The van der Waals surface area contributed by atoms with E-state index in [0.717, 1.165) is 37.7 Å². The average molecular weight is 371 g/mol. The highest BCUT2D eigenvalue weighted by Crippen LogP contribution is 2.37. The number of aryl methyl sites for hydroxylation is 1. The number of likely N-dealkylation sites (tertiary alicyclic amines) is 1. The summed E-state index contributed by atoms with van der Waals surface area (Å²) in [5, 5.41) is 0. The van der Waals surface area contributed by atoms with Gasteiger partial charge < -0.3 is 0 Å². The number of rotatable bonds is 5. The molecule has 1 aliphatic carbocycles. The Morgan fingerprint density at radius 2 is 1.59 bits per heavy atom. The standard InChI is InChI=1S/C20H25N3O4/c1-2-13-7-9-14(10-8-13)18(25)22-21-17(24)11-12-23-19(26)15-5-3-4-6-16(15)20(23)27/h7-10,15-16H,2-6,11-12H2,1H3,(H,21,24)(H,22,25)/t15-,16+. The lowest BCUT2D eigenvalue weighted by atomic mass is 9.81. The maximum absolute atomic E-state index is 12.4. The fraction of sp³-hybridized carbons (Fsp3) is 0.500. The van der Waals surface area contributed by atoms with Crippen molar-refractivity contribution in [3.05, 3.63) is 35.4 Å². The van der Waals surface area contributed by atoms with Crippen LogP contribution in [0, 0.1) is 11.8 Å². The van der Waals surface area contributed by atoms with E-state index in [0.29, 0.717) is 5.56 Å². The molecule has 0 unspecified atom stereocenters. The molecule has 7 heteroatoms. The van der Waals surface area contributed by atoms with Crippen LogP contribution in [0.5, 0.6) is 0 Å². The summed E-state index contributed by atoms with van der Waals surface area (Å²) in [5.41, 5.74) is 6.26. The van der Waals surface area contributed by atoms with E-state index in [4.69, 9.17) is 0 Å². The maximum Gasteiger partial charge on any atom is 0.269 e. The molecular weight excluding hydrogens is 346 g/mol. The first kappa shape index (κ1) is 19.1. The lowest BCUT2D eigenvalue weighted by Gasteiger charge is -2.19. The fourth-order valence-electron chi connectivity index (χ4n) is 3.82. The summed E-state index contributed by atoms with van der Waals surface area (Å²) in [6, 6.07) is 7.12. The molecule has 3 rings (SSSR count). The minimum absolute atomic E-state index is 0.0357. The van der Waals surface area contributed by atoms with Gasteiger partial charge in [-0.15, -0.1) is 0 Å². The summed E-state index contributed by atoms with van der Waals surface area (Å²) in [7, 11) is 0. The number of nitrogens with one attached hydrogen (secondary N) is 2. The Kier molecular flexibility index (Phi) is 5.88. The van der Waals surface area contributed by atoms with Gasteiger partial charge in [0.2, 0.25) is 17.7 Å². The van der Waals surface area contributed by atoms with Gasteiger partial charge in [0.15, 0.2) is 0 Å². The largest absolute Gasteiger partial charge is 0.282 e. The summed E-state index contributed by atoms with van der Waals surface area (Å²) in [5.74, 6) is -1.58. The molecule has 0 aromatic heterocycles. The van der Waals surface area contributed by atoms with Crippen molar-refractivity contribution in [2.45, 2.75) is 45.4 Å². The van der Waals surface area contributed by atoms with Gasteiger partial charge in [-0.2, -0.15) is 0 Å². The molecule has 2 fully saturated rings. The van der Waals surface area contributed by atoms with Crippen LogP contribution in [0.1, 0.15) is 54.9 Å². The van der Waals surface area contributed by atoms with Crippen molar-refractivity contribution in [3.63, 3.8) is 0 Å². The molecule has 1 aromatic rings. The van der Waals surface area contributed by atoms with Crippen molar-refractivity contribution in [3.8, 4) is 0 Å². The molecule has 2 N–H and O–H groups in total. The van der Waals surface area contributed by atoms with Gasteiger partial charge in [0.1, 0.15) is 0 Å². The Labute approximate surface area is 158 Å². The minimum atomic E-state index is -0.441. The van der Waals surface area contributed by atoms with Crippen molar-refractivity contribution in [2.24, 2.45) is 11.8 Å². The van der Waals surface area contributed by atoms with Crippen molar-refractivity contribution in [1.82, 2.24) is 15.8 Å². The highest BCUT2D eigenvalue weighted by Gasteiger charge is 2.47. The molecule has 1 aliphatic heterocycles. The van der Waals surface area contributed by atoms with Crippen LogP contribution in [0.4, 0.5) is 0 Å². The Morgan fingerprint density at radius 3 is 2.15 bits per heavy atom. The van der Waals surface area contributed by atoms with Crippen LogP contribution in [0.2, 0.25) is 0 Å². The van der Waals surface area contributed by atoms with Gasteiger partial charge in [-0.05, 0) is 37.0 Å². The predicted octanol–water partition coefficient (Wildman–Crippen LogP) is 1.58. The van der Waals surface area contributed by atoms with Crippen molar-refractivity contribution in [1.29, 1.82) is 0 Å². The normalized spacial score (nSPS) is 21.7. The molecule has 2 atom stereocenters. The summed E-state index contributed by atoms with van der Waals surface area (Å²) < 4.78 is 0. The Hall–Kier alpha value is -2.70. The van der Waals surface area contributed by atoms with Gasteiger partial charge in [0.05, 0.1) is 11.8 Å². The van der Waals surface area contributed by atoms with Gasteiger partial charge >= 0.3 is 0 Å². The van der Waals surface area contributed by atoms with Crippen LogP contribution in [-0.4, -0.2) is 35.1 Å². The SMILES string of the molecule is CCc1ccc(C(=O)NNC(=O)CCN2C(=O)[C@H]3CCCC[C@H]3C2=O)cc1. The number of amides is 4. The number of hydrogen-bond donors (Lipinski definition) is 2. The van der Waals surface area contributed by atoms with Gasteiger partial charge in [-0.25, -0.2) is 0 Å². The van der Waals surface area contributed by atoms with Gasteiger partial charge in [-0.3, -0.25) is 34.9 Å². The summed E-state index contributed by atoms with van der Waals surface area (Å²) >= 11 is 0. The topological polar surface area (TPSA) is 95.6 Å². The summed E-state index contributed by atoms with van der Waals surface area (Å²) in [4.78, 5) is 50.0. The smallest absolute Gasteiger partial charge is 0.269 e. The third-order valence-electron chi connectivity index (χ3n) is 5.43. The van der Waals surface area contributed by atoms with Gasteiger partial charge in [-0.1, -0.05) is 31.9 Å². The number of carbonyl (C=O) groups is 4. The lowest BCUT2D eigenvalue weighted by Crippen LogP contribution is -2.43.